The van der Waals surface area contributed by atoms with E-state index >= 15 is 0 Å². The van der Waals surface area contributed by atoms with Crippen LogP contribution in [0.15, 0.2) is 0 Å². The number of nitrogens with one attached hydrogen (secondary N) is 1. The first kappa shape index (κ1) is 15.8. The van der Waals surface area contributed by atoms with E-state index in [0.717, 1.165) is 25.8 Å². The van der Waals surface area contributed by atoms with Gasteiger partial charge in [-0.2, -0.15) is 0 Å². The van der Waals surface area contributed by atoms with Gasteiger partial charge < -0.3 is 16.0 Å². The van der Waals surface area contributed by atoms with E-state index in [1.54, 1.807) is 0 Å². The Hall–Kier alpha value is -0.610. The third kappa shape index (κ3) is 3.73. The summed E-state index contributed by atoms with van der Waals surface area (Å²) in [6, 6.07) is 1.01. The van der Waals surface area contributed by atoms with E-state index in [0.29, 0.717) is 18.0 Å². The van der Waals surface area contributed by atoms with Crippen LogP contribution in [0.4, 0.5) is 0 Å². The Bertz CT molecular complexity index is 343. The Labute approximate surface area is 123 Å². The molecule has 0 heterocycles. The van der Waals surface area contributed by atoms with E-state index in [9.17, 15) is 4.79 Å². The predicted octanol–water partition coefficient (Wildman–Crippen LogP) is 1.88. The van der Waals surface area contributed by atoms with E-state index in [2.05, 4.69) is 31.1 Å². The maximum Gasteiger partial charge on any atom is 0.237 e. The molecule has 20 heavy (non-hydrogen) atoms. The highest BCUT2D eigenvalue weighted by Crippen LogP contribution is 2.34. The molecule has 0 aliphatic heterocycles. The fourth-order valence-electron chi connectivity index (χ4n) is 3.44. The van der Waals surface area contributed by atoms with Crippen molar-refractivity contribution in [1.29, 1.82) is 0 Å². The molecule has 0 spiro atoms. The molecule has 3 unspecified atom stereocenters. The lowest BCUT2D eigenvalue weighted by molar-refractivity contribution is -0.126. The fourth-order valence-corrected chi connectivity index (χ4v) is 3.44. The molecule has 3 atom stereocenters. The first-order valence-electron chi connectivity index (χ1n) is 8.24. The van der Waals surface area contributed by atoms with Gasteiger partial charge in [0.25, 0.3) is 0 Å². The van der Waals surface area contributed by atoms with Crippen molar-refractivity contribution >= 4 is 5.91 Å². The van der Waals surface area contributed by atoms with Crippen molar-refractivity contribution in [3.63, 3.8) is 0 Å². The van der Waals surface area contributed by atoms with E-state index in [1.807, 2.05) is 0 Å². The first-order valence-corrected chi connectivity index (χ1v) is 8.24. The van der Waals surface area contributed by atoms with Gasteiger partial charge in [0.15, 0.2) is 0 Å². The minimum Gasteiger partial charge on any atom is -0.368 e. The van der Waals surface area contributed by atoms with Gasteiger partial charge in [0.05, 0.1) is 5.54 Å². The van der Waals surface area contributed by atoms with Crippen molar-refractivity contribution in [3.05, 3.63) is 0 Å². The van der Waals surface area contributed by atoms with E-state index in [-0.39, 0.29) is 5.91 Å². The number of hydrogen-bond donors (Lipinski definition) is 2. The third-order valence-corrected chi connectivity index (χ3v) is 5.17. The Kier molecular flexibility index (Phi) is 5.08. The number of amides is 1. The summed E-state index contributed by atoms with van der Waals surface area (Å²) in [6.07, 6.45) is 7.67. The van der Waals surface area contributed by atoms with Crippen LogP contribution in [0.1, 0.15) is 58.8 Å². The van der Waals surface area contributed by atoms with Crippen LogP contribution in [0.5, 0.6) is 0 Å². The standard InChI is InChI=1S/C16H31N3O/c1-4-12(2)11-19(3)14-6-5-9-16(10-14,15(17)20)18-13-7-8-13/h12-14,18H,4-11H2,1-3H3,(H2,17,20). The minimum absolute atomic E-state index is 0.147. The van der Waals surface area contributed by atoms with Gasteiger partial charge in [-0.1, -0.05) is 20.3 Å². The zero-order chi connectivity index (χ0) is 14.8. The summed E-state index contributed by atoms with van der Waals surface area (Å²) in [6.45, 7) is 5.64. The zero-order valence-electron chi connectivity index (χ0n) is 13.3. The molecular formula is C16H31N3O. The molecule has 0 aromatic carbocycles. The number of rotatable bonds is 7. The second-order valence-corrected chi connectivity index (χ2v) is 7.07. The van der Waals surface area contributed by atoms with Crippen LogP contribution < -0.4 is 11.1 Å². The lowest BCUT2D eigenvalue weighted by Crippen LogP contribution is -2.61. The normalized spacial score (nSPS) is 32.3. The topological polar surface area (TPSA) is 58.4 Å². The van der Waals surface area contributed by atoms with Gasteiger partial charge in [0.2, 0.25) is 5.91 Å². The average molecular weight is 281 g/mol. The summed E-state index contributed by atoms with van der Waals surface area (Å²) >= 11 is 0. The molecule has 0 aromatic heterocycles. The van der Waals surface area contributed by atoms with Crippen LogP contribution in [-0.2, 0) is 4.79 Å². The van der Waals surface area contributed by atoms with Crippen LogP contribution in [-0.4, -0.2) is 42.0 Å². The molecule has 2 rings (SSSR count). The molecule has 0 bridgehead atoms. The van der Waals surface area contributed by atoms with E-state index in [1.165, 1.54) is 25.7 Å². The Morgan fingerprint density at radius 2 is 2.15 bits per heavy atom. The second kappa shape index (κ2) is 6.44. The lowest BCUT2D eigenvalue weighted by Gasteiger charge is -2.43. The Balaban J connectivity index is 1.99. The molecule has 4 heteroatoms. The summed E-state index contributed by atoms with van der Waals surface area (Å²) in [5, 5.41) is 3.56. The quantitative estimate of drug-likeness (QED) is 0.749. The highest BCUT2D eigenvalue weighted by molar-refractivity contribution is 5.85. The number of hydrogen-bond acceptors (Lipinski definition) is 3. The fraction of sp³-hybridized carbons (Fsp3) is 0.938. The Morgan fingerprint density at radius 1 is 1.45 bits per heavy atom. The third-order valence-electron chi connectivity index (χ3n) is 5.17. The van der Waals surface area contributed by atoms with Gasteiger partial charge in [-0.15, -0.1) is 0 Å². The molecule has 2 fully saturated rings. The molecule has 4 nitrogen and oxygen atoms in total. The minimum atomic E-state index is -0.451. The van der Waals surface area contributed by atoms with Crippen LogP contribution >= 0.6 is 0 Å². The summed E-state index contributed by atoms with van der Waals surface area (Å²) in [5.41, 5.74) is 5.30. The van der Waals surface area contributed by atoms with Crippen molar-refractivity contribution < 1.29 is 4.79 Å². The van der Waals surface area contributed by atoms with E-state index < -0.39 is 5.54 Å². The highest BCUT2D eigenvalue weighted by Gasteiger charge is 2.45. The number of carbonyl (C=O) groups excluding carboxylic acids is 1. The smallest absolute Gasteiger partial charge is 0.237 e. The largest absolute Gasteiger partial charge is 0.368 e. The summed E-state index contributed by atoms with van der Waals surface area (Å²) < 4.78 is 0. The predicted molar refractivity (Wildman–Crippen MR) is 82.4 cm³/mol. The molecular weight excluding hydrogens is 250 g/mol. The zero-order valence-corrected chi connectivity index (χ0v) is 13.3. The maximum atomic E-state index is 12.0. The number of primary amides is 1. The van der Waals surface area contributed by atoms with Crippen LogP contribution in [0.2, 0.25) is 0 Å². The molecule has 2 aliphatic carbocycles. The second-order valence-electron chi connectivity index (χ2n) is 7.07. The lowest BCUT2D eigenvalue weighted by atomic mass is 9.77. The van der Waals surface area contributed by atoms with Gasteiger partial charge in [-0.3, -0.25) is 4.79 Å². The summed E-state index contributed by atoms with van der Waals surface area (Å²) in [7, 11) is 2.20. The number of carbonyl (C=O) groups is 1. The monoisotopic (exact) mass is 281 g/mol. The Morgan fingerprint density at radius 3 is 2.70 bits per heavy atom. The van der Waals surface area contributed by atoms with E-state index in [4.69, 9.17) is 5.73 Å². The SMILES string of the molecule is CCC(C)CN(C)C1CCCC(NC2CC2)(C(N)=O)C1. The van der Waals surface area contributed by atoms with Gasteiger partial charge in [-0.05, 0) is 51.5 Å². The van der Waals surface area contributed by atoms with Crippen molar-refractivity contribution in [3.8, 4) is 0 Å². The van der Waals surface area contributed by atoms with Crippen LogP contribution in [0.3, 0.4) is 0 Å². The van der Waals surface area contributed by atoms with Gasteiger partial charge in [0.1, 0.15) is 0 Å². The maximum absolute atomic E-state index is 12.0. The summed E-state index contributed by atoms with van der Waals surface area (Å²) in [5.74, 6) is 0.562. The van der Waals surface area contributed by atoms with Gasteiger partial charge in [-0.25, -0.2) is 0 Å². The van der Waals surface area contributed by atoms with Crippen molar-refractivity contribution in [2.75, 3.05) is 13.6 Å². The number of nitrogens with zero attached hydrogens (tertiary/aromatic N) is 1. The first-order chi connectivity index (χ1) is 9.47. The van der Waals surface area contributed by atoms with Gasteiger partial charge >= 0.3 is 0 Å². The molecule has 2 saturated carbocycles. The summed E-state index contributed by atoms with van der Waals surface area (Å²) in [4.78, 5) is 14.5. The van der Waals surface area contributed by atoms with Crippen molar-refractivity contribution in [1.82, 2.24) is 10.2 Å². The average Bonchev–Trinajstić information content (AvgIpc) is 3.22. The van der Waals surface area contributed by atoms with Crippen LogP contribution in [0, 0.1) is 5.92 Å². The molecule has 2 aliphatic rings. The molecule has 0 radical (unpaired) electrons. The molecule has 3 N–H and O–H groups in total. The number of nitrogens with two attached hydrogens (primary N) is 1. The van der Waals surface area contributed by atoms with Crippen molar-refractivity contribution in [2.24, 2.45) is 11.7 Å². The van der Waals surface area contributed by atoms with Crippen LogP contribution in [0.25, 0.3) is 0 Å². The highest BCUT2D eigenvalue weighted by atomic mass is 16.1. The van der Waals surface area contributed by atoms with Gasteiger partial charge in [0, 0.05) is 18.6 Å². The van der Waals surface area contributed by atoms with Crippen molar-refractivity contribution in [2.45, 2.75) is 76.4 Å². The molecule has 0 saturated heterocycles. The molecule has 116 valence electrons. The molecule has 0 aromatic rings. The molecule has 1 amide bonds.